The highest BCUT2D eigenvalue weighted by atomic mass is 16.5. The van der Waals surface area contributed by atoms with Crippen molar-refractivity contribution in [1.29, 1.82) is 0 Å². The lowest BCUT2D eigenvalue weighted by Crippen LogP contribution is -2.55. The van der Waals surface area contributed by atoms with E-state index in [1.807, 2.05) is 54.6 Å². The molecule has 0 spiro atoms. The summed E-state index contributed by atoms with van der Waals surface area (Å²) in [6, 6.07) is 17.3. The van der Waals surface area contributed by atoms with Crippen LogP contribution in [0.5, 0.6) is 5.75 Å². The molecule has 0 radical (unpaired) electrons. The Morgan fingerprint density at radius 1 is 1.03 bits per heavy atom. The highest BCUT2D eigenvalue weighted by Crippen LogP contribution is 2.62. The van der Waals surface area contributed by atoms with Crippen LogP contribution in [-0.4, -0.2) is 25.5 Å². The minimum Gasteiger partial charge on any atom is -0.492 e. The van der Waals surface area contributed by atoms with Gasteiger partial charge in [0.1, 0.15) is 24.2 Å². The maximum absolute atomic E-state index is 13.5. The van der Waals surface area contributed by atoms with Gasteiger partial charge in [0.15, 0.2) is 11.2 Å². The van der Waals surface area contributed by atoms with Crippen molar-refractivity contribution in [3.63, 3.8) is 0 Å². The van der Waals surface area contributed by atoms with Crippen LogP contribution in [0, 0.1) is 10.8 Å². The van der Waals surface area contributed by atoms with E-state index in [1.54, 1.807) is 0 Å². The molecular formula is C26H26O5. The molecule has 0 aromatic heterocycles. The van der Waals surface area contributed by atoms with E-state index in [9.17, 15) is 9.59 Å². The van der Waals surface area contributed by atoms with Crippen molar-refractivity contribution in [1.82, 2.24) is 0 Å². The first-order valence-corrected chi connectivity index (χ1v) is 10.7. The Balaban J connectivity index is 1.81. The fraction of sp³-hybridized carbons (Fsp3) is 0.385. The molecule has 0 bridgehead atoms. The fourth-order valence-electron chi connectivity index (χ4n) is 5.47. The molecule has 2 aromatic carbocycles. The van der Waals surface area contributed by atoms with Crippen LogP contribution in [0.15, 0.2) is 65.9 Å². The zero-order valence-electron chi connectivity index (χ0n) is 18.0. The van der Waals surface area contributed by atoms with E-state index in [-0.39, 0.29) is 17.8 Å². The third kappa shape index (κ3) is 2.90. The van der Waals surface area contributed by atoms with Crippen molar-refractivity contribution < 1.29 is 23.8 Å². The lowest BCUT2D eigenvalue weighted by atomic mass is 9.58. The third-order valence-electron chi connectivity index (χ3n) is 6.78. The zero-order chi connectivity index (χ0) is 21.8. The summed E-state index contributed by atoms with van der Waals surface area (Å²) in [6.45, 7) is 4.24. The van der Waals surface area contributed by atoms with Gasteiger partial charge < -0.3 is 14.2 Å². The standard InChI is InChI=1S/C26H26O5/c1-25(2)13-18(27)21-20(14-25)31-23(16-9-5-4-6-10-16)26(24(28)29-3)15-30-19-12-8-7-11-17(19)22(21)26/h4-12,22-23H,13-15H2,1-3H3/t22-,23-,26+/m0/s1. The Morgan fingerprint density at radius 3 is 2.48 bits per heavy atom. The number of hydrogen-bond donors (Lipinski definition) is 0. The summed E-state index contributed by atoms with van der Waals surface area (Å²) in [5, 5.41) is 0. The molecule has 31 heavy (non-hydrogen) atoms. The smallest absolute Gasteiger partial charge is 0.320 e. The van der Waals surface area contributed by atoms with Gasteiger partial charge in [0.25, 0.3) is 0 Å². The number of carbonyl (C=O) groups excluding carboxylic acids is 2. The van der Waals surface area contributed by atoms with Crippen LogP contribution in [0.4, 0.5) is 0 Å². The molecule has 0 saturated carbocycles. The Labute approximate surface area is 182 Å². The van der Waals surface area contributed by atoms with Crippen LogP contribution in [0.2, 0.25) is 0 Å². The molecule has 0 saturated heterocycles. The second-order valence-electron chi connectivity index (χ2n) is 9.48. The number of benzene rings is 2. The summed E-state index contributed by atoms with van der Waals surface area (Å²) in [4.78, 5) is 27.0. The molecule has 0 unspecified atom stereocenters. The monoisotopic (exact) mass is 418 g/mol. The molecule has 5 nitrogen and oxygen atoms in total. The number of ketones is 1. The van der Waals surface area contributed by atoms with Gasteiger partial charge >= 0.3 is 5.97 Å². The Hall–Kier alpha value is -3.08. The summed E-state index contributed by atoms with van der Waals surface area (Å²) in [6.07, 6.45) is 0.441. The van der Waals surface area contributed by atoms with Gasteiger partial charge in [-0.1, -0.05) is 62.4 Å². The molecule has 5 rings (SSSR count). The van der Waals surface area contributed by atoms with Crippen molar-refractivity contribution in [2.45, 2.75) is 38.7 Å². The number of allylic oxidation sites excluding steroid dienone is 2. The molecule has 0 amide bonds. The first-order valence-electron chi connectivity index (χ1n) is 10.7. The van der Waals surface area contributed by atoms with E-state index in [4.69, 9.17) is 14.2 Å². The van der Waals surface area contributed by atoms with Crippen molar-refractivity contribution in [3.05, 3.63) is 77.1 Å². The number of fused-ring (bicyclic) bond motifs is 4. The zero-order valence-corrected chi connectivity index (χ0v) is 18.0. The maximum Gasteiger partial charge on any atom is 0.320 e. The van der Waals surface area contributed by atoms with E-state index >= 15 is 0 Å². The molecule has 2 heterocycles. The van der Waals surface area contributed by atoms with Crippen molar-refractivity contribution >= 4 is 11.8 Å². The second kappa shape index (κ2) is 6.98. The van der Waals surface area contributed by atoms with Gasteiger partial charge in [-0.2, -0.15) is 0 Å². The lowest BCUT2D eigenvalue weighted by Gasteiger charge is -2.52. The van der Waals surface area contributed by atoms with Gasteiger partial charge in [-0.3, -0.25) is 9.59 Å². The predicted molar refractivity (Wildman–Crippen MR) is 114 cm³/mol. The Kier molecular flexibility index (Phi) is 4.47. The quantitative estimate of drug-likeness (QED) is 0.660. The number of para-hydroxylation sites is 1. The average molecular weight is 418 g/mol. The lowest BCUT2D eigenvalue weighted by molar-refractivity contribution is -0.174. The first-order chi connectivity index (χ1) is 14.9. The van der Waals surface area contributed by atoms with Crippen LogP contribution in [0.25, 0.3) is 0 Å². The molecule has 0 fully saturated rings. The molecule has 1 aliphatic carbocycles. The van der Waals surface area contributed by atoms with Crippen molar-refractivity contribution in [2.24, 2.45) is 10.8 Å². The van der Waals surface area contributed by atoms with E-state index in [0.717, 1.165) is 11.1 Å². The molecule has 3 aliphatic rings. The summed E-state index contributed by atoms with van der Waals surface area (Å²) in [7, 11) is 1.38. The first kappa shape index (κ1) is 19.9. The number of ether oxygens (including phenoxy) is 3. The maximum atomic E-state index is 13.5. The summed E-state index contributed by atoms with van der Waals surface area (Å²) >= 11 is 0. The summed E-state index contributed by atoms with van der Waals surface area (Å²) < 4.78 is 18.0. The van der Waals surface area contributed by atoms with Gasteiger partial charge in [0, 0.05) is 29.9 Å². The van der Waals surface area contributed by atoms with Gasteiger partial charge in [-0.05, 0) is 17.0 Å². The van der Waals surface area contributed by atoms with Crippen LogP contribution in [0.1, 0.15) is 49.8 Å². The molecule has 0 N–H and O–H groups in total. The molecule has 2 aliphatic heterocycles. The van der Waals surface area contributed by atoms with Crippen LogP contribution < -0.4 is 4.74 Å². The summed E-state index contributed by atoms with van der Waals surface area (Å²) in [5.41, 5.74) is 0.910. The minimum absolute atomic E-state index is 0.0349. The SMILES string of the molecule is COC(=O)[C@]12COc3ccccc3[C@H]1C1=C(CC(C)(C)CC1=O)O[C@H]2c1ccccc1. The van der Waals surface area contributed by atoms with Crippen LogP contribution in [-0.2, 0) is 19.1 Å². The molecule has 3 atom stereocenters. The minimum atomic E-state index is -1.19. The number of rotatable bonds is 2. The average Bonchev–Trinajstić information content (AvgIpc) is 2.77. The Bertz CT molecular complexity index is 1080. The molecular weight excluding hydrogens is 392 g/mol. The van der Waals surface area contributed by atoms with E-state index in [2.05, 4.69) is 13.8 Å². The number of carbonyl (C=O) groups is 2. The van der Waals surface area contributed by atoms with Gasteiger partial charge in [0.05, 0.1) is 7.11 Å². The van der Waals surface area contributed by atoms with Gasteiger partial charge in [-0.15, -0.1) is 0 Å². The van der Waals surface area contributed by atoms with Crippen molar-refractivity contribution in [2.75, 3.05) is 13.7 Å². The Morgan fingerprint density at radius 2 is 1.74 bits per heavy atom. The summed E-state index contributed by atoms with van der Waals surface area (Å²) in [5.74, 6) is 0.516. The van der Waals surface area contributed by atoms with E-state index in [0.29, 0.717) is 29.9 Å². The number of methoxy groups -OCH3 is 1. The van der Waals surface area contributed by atoms with Gasteiger partial charge in [0.2, 0.25) is 0 Å². The normalized spacial score (nSPS) is 28.4. The van der Waals surface area contributed by atoms with E-state index in [1.165, 1.54) is 7.11 Å². The van der Waals surface area contributed by atoms with Crippen molar-refractivity contribution in [3.8, 4) is 5.75 Å². The third-order valence-corrected chi connectivity index (χ3v) is 6.78. The highest BCUT2D eigenvalue weighted by molar-refractivity contribution is 6.01. The van der Waals surface area contributed by atoms with Crippen LogP contribution >= 0.6 is 0 Å². The molecule has 2 aromatic rings. The number of Topliss-reactive ketones (excluding diaryl/α,β-unsaturated/α-hetero) is 1. The molecule has 5 heteroatoms. The topological polar surface area (TPSA) is 61.8 Å². The highest BCUT2D eigenvalue weighted by Gasteiger charge is 2.64. The molecule has 160 valence electrons. The van der Waals surface area contributed by atoms with Crippen LogP contribution in [0.3, 0.4) is 0 Å². The number of esters is 1. The van der Waals surface area contributed by atoms with E-state index < -0.39 is 23.4 Å². The number of hydrogen-bond acceptors (Lipinski definition) is 5. The fourth-order valence-corrected chi connectivity index (χ4v) is 5.47. The second-order valence-corrected chi connectivity index (χ2v) is 9.48. The largest absolute Gasteiger partial charge is 0.492 e. The predicted octanol–water partition coefficient (Wildman–Crippen LogP) is 4.74. The van der Waals surface area contributed by atoms with Gasteiger partial charge in [-0.25, -0.2) is 0 Å².